The van der Waals surface area contributed by atoms with E-state index in [1.54, 1.807) is 6.20 Å². The van der Waals surface area contributed by atoms with E-state index in [0.29, 0.717) is 5.92 Å². The molecular formula is C22H33N3. The molecule has 3 rings (SSSR count). The van der Waals surface area contributed by atoms with Gasteiger partial charge in [0.1, 0.15) is 0 Å². The number of benzene rings is 1. The molecule has 0 unspecified atom stereocenters. The normalized spacial score (nSPS) is 21.4. The van der Waals surface area contributed by atoms with E-state index in [0.717, 1.165) is 49.6 Å². The van der Waals surface area contributed by atoms with E-state index in [2.05, 4.69) is 29.2 Å². The molecule has 3 heteroatoms. The molecule has 1 aromatic carbocycles. The Bertz CT molecular complexity index is 564. The average Bonchev–Trinajstić information content (AvgIpc) is 2.68. The number of nitrogens with one attached hydrogen (secondary N) is 1. The summed E-state index contributed by atoms with van der Waals surface area (Å²) in [7, 11) is 0. The van der Waals surface area contributed by atoms with Crippen LogP contribution in [0.15, 0.2) is 42.1 Å². The molecule has 25 heavy (non-hydrogen) atoms. The standard InChI is InChI=1S/C22H33N3/c23-16-21(15-18-7-3-1-4-8-18)22(24)20-11-13-25(14-12-20)17-19-9-5-2-6-10-19/h1,3-4,7-8,16,19-20,24H,2,5-6,9-15,17,23H2. The molecule has 0 aromatic heterocycles. The Labute approximate surface area is 152 Å². The van der Waals surface area contributed by atoms with Crippen LogP contribution in [0.2, 0.25) is 0 Å². The molecule has 1 aliphatic heterocycles. The lowest BCUT2D eigenvalue weighted by molar-refractivity contribution is 0.162. The first-order chi connectivity index (χ1) is 12.3. The topological polar surface area (TPSA) is 53.1 Å². The molecule has 2 fully saturated rings. The fourth-order valence-corrected chi connectivity index (χ4v) is 4.46. The predicted molar refractivity (Wildman–Crippen MR) is 106 cm³/mol. The van der Waals surface area contributed by atoms with Crippen LogP contribution in [0.25, 0.3) is 0 Å². The van der Waals surface area contributed by atoms with Crippen molar-refractivity contribution in [3.8, 4) is 0 Å². The van der Waals surface area contributed by atoms with Crippen LogP contribution >= 0.6 is 0 Å². The number of allylic oxidation sites excluding steroid dienone is 1. The van der Waals surface area contributed by atoms with Crippen LogP contribution in [-0.2, 0) is 6.42 Å². The largest absolute Gasteiger partial charge is 0.404 e. The number of hydrogen-bond donors (Lipinski definition) is 2. The highest BCUT2D eigenvalue weighted by molar-refractivity contribution is 5.99. The van der Waals surface area contributed by atoms with E-state index in [1.165, 1.54) is 44.2 Å². The number of nitrogens with zero attached hydrogens (tertiary/aromatic N) is 1. The average molecular weight is 340 g/mol. The van der Waals surface area contributed by atoms with Gasteiger partial charge >= 0.3 is 0 Å². The van der Waals surface area contributed by atoms with Crippen LogP contribution in [0.1, 0.15) is 50.5 Å². The molecule has 0 atom stereocenters. The van der Waals surface area contributed by atoms with Gasteiger partial charge in [0.05, 0.1) is 0 Å². The van der Waals surface area contributed by atoms with Gasteiger partial charge in [0.25, 0.3) is 0 Å². The highest BCUT2D eigenvalue weighted by Crippen LogP contribution is 2.27. The fourth-order valence-electron chi connectivity index (χ4n) is 4.46. The summed E-state index contributed by atoms with van der Waals surface area (Å²) < 4.78 is 0. The summed E-state index contributed by atoms with van der Waals surface area (Å²) in [6, 6.07) is 10.4. The Balaban J connectivity index is 1.48. The zero-order valence-corrected chi connectivity index (χ0v) is 15.4. The van der Waals surface area contributed by atoms with E-state index in [4.69, 9.17) is 11.1 Å². The summed E-state index contributed by atoms with van der Waals surface area (Å²) in [5.74, 6) is 1.29. The molecule has 0 spiro atoms. The lowest BCUT2D eigenvalue weighted by Gasteiger charge is -2.35. The SMILES string of the molecule is N=C(C(=CN)Cc1ccccc1)C1CCN(CC2CCCCC2)CC1. The summed E-state index contributed by atoms with van der Waals surface area (Å²) in [5.41, 5.74) is 8.87. The number of likely N-dealkylation sites (tertiary alicyclic amines) is 1. The van der Waals surface area contributed by atoms with Gasteiger partial charge in [-0.2, -0.15) is 0 Å². The van der Waals surface area contributed by atoms with Crippen molar-refractivity contribution < 1.29 is 0 Å². The van der Waals surface area contributed by atoms with Crippen molar-refractivity contribution in [2.24, 2.45) is 17.6 Å². The molecular weight excluding hydrogens is 306 g/mol. The third-order valence-electron chi connectivity index (χ3n) is 6.02. The Kier molecular flexibility index (Phi) is 6.69. The van der Waals surface area contributed by atoms with Crippen molar-refractivity contribution in [1.82, 2.24) is 4.90 Å². The molecule has 0 radical (unpaired) electrons. The summed E-state index contributed by atoms with van der Waals surface area (Å²) in [6.07, 6.45) is 11.8. The van der Waals surface area contributed by atoms with Crippen molar-refractivity contribution in [3.63, 3.8) is 0 Å². The van der Waals surface area contributed by atoms with Gasteiger partial charge in [0.2, 0.25) is 0 Å². The molecule has 1 aromatic rings. The molecule has 0 bridgehead atoms. The second-order valence-electron chi connectivity index (χ2n) is 7.85. The minimum atomic E-state index is 0.376. The van der Waals surface area contributed by atoms with Crippen LogP contribution in [0, 0.1) is 17.2 Å². The van der Waals surface area contributed by atoms with Gasteiger partial charge in [-0.05, 0) is 62.0 Å². The van der Waals surface area contributed by atoms with Gasteiger partial charge in [-0.25, -0.2) is 0 Å². The van der Waals surface area contributed by atoms with E-state index in [9.17, 15) is 0 Å². The van der Waals surface area contributed by atoms with E-state index in [1.807, 2.05) is 6.07 Å². The quantitative estimate of drug-likeness (QED) is 0.756. The van der Waals surface area contributed by atoms with Gasteiger partial charge in [0.15, 0.2) is 0 Å². The summed E-state index contributed by atoms with van der Waals surface area (Å²) in [6.45, 7) is 3.57. The number of hydrogen-bond acceptors (Lipinski definition) is 3. The third-order valence-corrected chi connectivity index (χ3v) is 6.02. The van der Waals surface area contributed by atoms with Crippen LogP contribution in [-0.4, -0.2) is 30.2 Å². The smallest absolute Gasteiger partial charge is 0.0395 e. The Morgan fingerprint density at radius 2 is 1.72 bits per heavy atom. The predicted octanol–water partition coefficient (Wildman–Crippen LogP) is 4.38. The molecule has 1 saturated heterocycles. The molecule has 0 amide bonds. The Hall–Kier alpha value is -1.61. The summed E-state index contributed by atoms with van der Waals surface area (Å²) in [4.78, 5) is 2.64. The second kappa shape index (κ2) is 9.19. The second-order valence-corrected chi connectivity index (χ2v) is 7.85. The van der Waals surface area contributed by atoms with Crippen molar-refractivity contribution in [2.45, 2.75) is 51.4 Å². The van der Waals surface area contributed by atoms with Gasteiger partial charge in [-0.3, -0.25) is 0 Å². The van der Waals surface area contributed by atoms with Gasteiger partial charge < -0.3 is 16.0 Å². The number of piperidine rings is 1. The zero-order chi connectivity index (χ0) is 17.5. The highest BCUT2D eigenvalue weighted by atomic mass is 15.1. The third kappa shape index (κ3) is 5.18. The first-order valence-electron chi connectivity index (χ1n) is 10.0. The molecule has 3 nitrogen and oxygen atoms in total. The van der Waals surface area contributed by atoms with Crippen molar-refractivity contribution >= 4 is 5.71 Å². The first-order valence-corrected chi connectivity index (χ1v) is 10.0. The maximum absolute atomic E-state index is 8.64. The van der Waals surface area contributed by atoms with Crippen LogP contribution in [0.3, 0.4) is 0 Å². The van der Waals surface area contributed by atoms with Gasteiger partial charge in [-0.15, -0.1) is 0 Å². The molecule has 1 heterocycles. The molecule has 1 saturated carbocycles. The summed E-state index contributed by atoms with van der Waals surface area (Å²) in [5, 5.41) is 8.64. The Morgan fingerprint density at radius 1 is 1.04 bits per heavy atom. The fraction of sp³-hybridized carbons (Fsp3) is 0.591. The molecule has 2 aliphatic rings. The van der Waals surface area contributed by atoms with Gasteiger partial charge in [0, 0.05) is 24.6 Å². The maximum Gasteiger partial charge on any atom is 0.0395 e. The van der Waals surface area contributed by atoms with Crippen LogP contribution in [0.4, 0.5) is 0 Å². The molecule has 136 valence electrons. The molecule has 1 aliphatic carbocycles. The number of rotatable bonds is 6. The highest BCUT2D eigenvalue weighted by Gasteiger charge is 2.26. The number of nitrogens with two attached hydrogens (primary N) is 1. The first kappa shape index (κ1) is 18.2. The monoisotopic (exact) mass is 339 g/mol. The molecule has 3 N–H and O–H groups in total. The minimum Gasteiger partial charge on any atom is -0.404 e. The lowest BCUT2D eigenvalue weighted by Crippen LogP contribution is -2.39. The van der Waals surface area contributed by atoms with Crippen molar-refractivity contribution in [1.29, 1.82) is 5.41 Å². The van der Waals surface area contributed by atoms with Crippen molar-refractivity contribution in [3.05, 3.63) is 47.7 Å². The van der Waals surface area contributed by atoms with Crippen LogP contribution < -0.4 is 5.73 Å². The Morgan fingerprint density at radius 3 is 2.36 bits per heavy atom. The van der Waals surface area contributed by atoms with E-state index in [-0.39, 0.29) is 0 Å². The maximum atomic E-state index is 8.64. The van der Waals surface area contributed by atoms with Crippen molar-refractivity contribution in [2.75, 3.05) is 19.6 Å². The van der Waals surface area contributed by atoms with Crippen LogP contribution in [0.5, 0.6) is 0 Å². The van der Waals surface area contributed by atoms with E-state index >= 15 is 0 Å². The summed E-state index contributed by atoms with van der Waals surface area (Å²) >= 11 is 0. The lowest BCUT2D eigenvalue weighted by atomic mass is 9.85. The minimum absolute atomic E-state index is 0.376. The van der Waals surface area contributed by atoms with E-state index < -0.39 is 0 Å². The van der Waals surface area contributed by atoms with Gasteiger partial charge in [-0.1, -0.05) is 49.6 Å². The zero-order valence-electron chi connectivity index (χ0n) is 15.4.